The van der Waals surface area contributed by atoms with Crippen molar-refractivity contribution in [3.05, 3.63) is 47.5 Å². The van der Waals surface area contributed by atoms with Gasteiger partial charge in [-0.2, -0.15) is 16.8 Å². The molecule has 4 N–H and O–H groups in total. The Hall–Kier alpha value is -2.82. The summed E-state index contributed by atoms with van der Waals surface area (Å²) in [5, 5.41) is 1.58. The minimum absolute atomic E-state index is 0.0530. The largest absolute Gasteiger partial charge is 0.375 e. The van der Waals surface area contributed by atoms with Gasteiger partial charge in [0.15, 0.2) is 0 Å². The number of sulfonamides is 1. The molecule has 1 amide bonds. The van der Waals surface area contributed by atoms with E-state index in [4.69, 9.17) is 0 Å². The summed E-state index contributed by atoms with van der Waals surface area (Å²) >= 11 is 0. The average molecular weight is 549 g/mol. The van der Waals surface area contributed by atoms with Gasteiger partial charge in [-0.15, -0.1) is 0 Å². The molecule has 0 fully saturated rings. The van der Waals surface area contributed by atoms with Crippen molar-refractivity contribution >= 4 is 59.7 Å². The lowest BCUT2D eigenvalue weighted by Crippen LogP contribution is -2.22. The summed E-state index contributed by atoms with van der Waals surface area (Å²) in [6.45, 7) is 2.55. The molecule has 0 atom stereocenters. The van der Waals surface area contributed by atoms with Crippen LogP contribution in [-0.2, 0) is 39.8 Å². The van der Waals surface area contributed by atoms with E-state index in [9.17, 15) is 39.2 Å². The van der Waals surface area contributed by atoms with E-state index in [0.717, 1.165) is 24.3 Å². The van der Waals surface area contributed by atoms with Gasteiger partial charge in [0.2, 0.25) is 15.9 Å². The number of carbonyl (C=O) groups excluding carboxylic acids is 1. The number of amides is 1. The third kappa shape index (κ3) is 7.84. The van der Waals surface area contributed by atoms with E-state index in [1.807, 2.05) is 0 Å². The summed E-state index contributed by atoms with van der Waals surface area (Å²) in [5.41, 5.74) is -0.225. The highest BCUT2D eigenvalue weighted by molar-refractivity contribution is 7.93. The zero-order valence-corrected chi connectivity index (χ0v) is 21.2. The van der Waals surface area contributed by atoms with Crippen molar-refractivity contribution < 1.29 is 43.9 Å². The fourth-order valence-corrected chi connectivity index (χ4v) is 4.83. The topological polar surface area (TPSA) is 193 Å². The first-order chi connectivity index (χ1) is 16.0. The molecular formula is C20H24N2O10S3. The Bertz CT molecular complexity index is 1460. The average Bonchev–Trinajstić information content (AvgIpc) is 2.71. The van der Waals surface area contributed by atoms with Crippen LogP contribution in [0.2, 0.25) is 0 Å². The van der Waals surface area contributed by atoms with Crippen LogP contribution in [0.15, 0.2) is 46.2 Å². The Morgan fingerprint density at radius 2 is 1.34 bits per heavy atom. The van der Waals surface area contributed by atoms with Gasteiger partial charge in [0, 0.05) is 18.5 Å². The number of carbonyl (C=O) groups is 1. The monoisotopic (exact) mass is 548 g/mol. The lowest BCUT2D eigenvalue weighted by atomic mass is 10.1. The van der Waals surface area contributed by atoms with Gasteiger partial charge in [0.05, 0.1) is 5.25 Å². The van der Waals surface area contributed by atoms with Crippen molar-refractivity contribution in [2.24, 2.45) is 0 Å². The number of nitrogens with one attached hydrogen (secondary N) is 2. The van der Waals surface area contributed by atoms with E-state index in [1.54, 1.807) is 0 Å². The van der Waals surface area contributed by atoms with Crippen molar-refractivity contribution in [1.29, 1.82) is 0 Å². The highest BCUT2D eigenvalue weighted by atomic mass is 32.2. The molecule has 15 heteroatoms. The second-order valence-corrected chi connectivity index (χ2v) is 12.5. The number of ether oxygens (including phenoxy) is 1. The molecule has 0 radical (unpaired) electrons. The van der Waals surface area contributed by atoms with E-state index < -0.39 is 51.2 Å². The minimum atomic E-state index is -4.81. The van der Waals surface area contributed by atoms with Crippen molar-refractivity contribution in [1.82, 2.24) is 0 Å². The molecule has 12 nitrogen and oxygen atoms in total. The Labute approximate surface area is 203 Å². The van der Waals surface area contributed by atoms with Crippen molar-refractivity contribution in [2.45, 2.75) is 28.9 Å². The summed E-state index contributed by atoms with van der Waals surface area (Å²) in [5.74, 6) is -0.567. The van der Waals surface area contributed by atoms with E-state index in [-0.39, 0.29) is 29.1 Å². The van der Waals surface area contributed by atoms with Gasteiger partial charge in [-0.3, -0.25) is 18.6 Å². The van der Waals surface area contributed by atoms with Gasteiger partial charge >= 0.3 is 0 Å². The van der Waals surface area contributed by atoms with Crippen LogP contribution in [0.5, 0.6) is 0 Å². The van der Waals surface area contributed by atoms with Gasteiger partial charge < -0.3 is 10.1 Å². The van der Waals surface area contributed by atoms with Crippen LogP contribution in [0, 0.1) is 0 Å². The van der Waals surface area contributed by atoms with Crippen LogP contribution in [0.4, 0.5) is 11.4 Å². The molecule has 0 saturated heterocycles. The number of anilines is 2. The molecule has 0 bridgehead atoms. The first-order valence-corrected chi connectivity index (χ1v) is 14.2. The molecule has 0 saturated carbocycles. The molecule has 0 aliphatic heterocycles. The maximum absolute atomic E-state index is 12.1. The smallest absolute Gasteiger partial charge is 0.295 e. The van der Waals surface area contributed by atoms with Crippen LogP contribution < -0.4 is 10.0 Å². The fourth-order valence-electron chi connectivity index (χ4n) is 2.72. The van der Waals surface area contributed by atoms with Crippen LogP contribution in [0.25, 0.3) is 12.2 Å². The highest BCUT2D eigenvalue weighted by Gasteiger charge is 2.20. The summed E-state index contributed by atoms with van der Waals surface area (Å²) in [6.07, 6.45) is 2.31. The second-order valence-electron chi connectivity index (χ2n) is 7.47. The lowest BCUT2D eigenvalue weighted by Gasteiger charge is -2.12. The molecule has 0 unspecified atom stereocenters. The molecule has 0 aromatic heterocycles. The third-order valence-electron chi connectivity index (χ3n) is 4.47. The first kappa shape index (κ1) is 28.4. The van der Waals surface area contributed by atoms with Crippen LogP contribution in [0.3, 0.4) is 0 Å². The normalized spacial score (nSPS) is 12.7. The molecule has 0 aliphatic carbocycles. The number of benzene rings is 2. The van der Waals surface area contributed by atoms with Crippen molar-refractivity contribution in [2.75, 3.05) is 23.8 Å². The van der Waals surface area contributed by atoms with Gasteiger partial charge in [-0.1, -0.05) is 24.3 Å². The zero-order chi connectivity index (χ0) is 26.6. The molecule has 35 heavy (non-hydrogen) atoms. The number of methoxy groups -OCH3 is 1. The predicted molar refractivity (Wildman–Crippen MR) is 130 cm³/mol. The second kappa shape index (κ2) is 10.8. The third-order valence-corrected chi connectivity index (χ3v) is 8.05. The summed E-state index contributed by atoms with van der Waals surface area (Å²) in [4.78, 5) is 10.4. The van der Waals surface area contributed by atoms with E-state index in [0.29, 0.717) is 0 Å². The molecule has 0 heterocycles. The summed E-state index contributed by atoms with van der Waals surface area (Å²) in [6, 6.07) is 6.95. The quantitative estimate of drug-likeness (QED) is 0.252. The number of rotatable bonds is 10. The molecule has 2 aromatic rings. The van der Waals surface area contributed by atoms with Crippen LogP contribution in [0.1, 0.15) is 25.0 Å². The van der Waals surface area contributed by atoms with E-state index in [2.05, 4.69) is 14.8 Å². The predicted octanol–water partition coefficient (Wildman–Crippen LogP) is 2.09. The highest BCUT2D eigenvalue weighted by Crippen LogP contribution is 2.26. The number of hydrogen-bond acceptors (Lipinski definition) is 8. The van der Waals surface area contributed by atoms with Gasteiger partial charge in [-0.05, 0) is 49.2 Å². The molecule has 2 rings (SSSR count). The number of hydrogen-bond donors (Lipinski definition) is 4. The summed E-state index contributed by atoms with van der Waals surface area (Å²) in [7, 11) is -12.1. The Morgan fingerprint density at radius 1 is 0.886 bits per heavy atom. The maximum atomic E-state index is 12.1. The minimum Gasteiger partial charge on any atom is -0.375 e. The Balaban J connectivity index is 2.52. The molecular weight excluding hydrogens is 524 g/mol. The Kier molecular flexibility index (Phi) is 8.80. The fraction of sp³-hybridized carbons (Fsp3) is 0.250. The summed E-state index contributed by atoms with van der Waals surface area (Å²) < 4.78 is 97.8. The lowest BCUT2D eigenvalue weighted by molar-refractivity contribution is -0.119. The van der Waals surface area contributed by atoms with Gasteiger partial charge in [0.1, 0.15) is 16.4 Å². The van der Waals surface area contributed by atoms with Gasteiger partial charge in [-0.25, -0.2) is 8.42 Å². The molecule has 2 aromatic carbocycles. The molecule has 0 aliphatic rings. The first-order valence-electron chi connectivity index (χ1n) is 9.76. The van der Waals surface area contributed by atoms with Crippen molar-refractivity contribution in [3.8, 4) is 0 Å². The van der Waals surface area contributed by atoms with Crippen LogP contribution in [-0.4, -0.2) is 59.2 Å². The SMILES string of the molecule is COCC(=O)Nc1ccc(C=Cc2ccc(NS(=O)(=O)C(C)C)cc2S(=O)(=O)O)c(S(=O)(=O)O)c1. The van der Waals surface area contributed by atoms with E-state index >= 15 is 0 Å². The molecule has 0 spiro atoms. The van der Waals surface area contributed by atoms with E-state index in [1.165, 1.54) is 45.2 Å². The van der Waals surface area contributed by atoms with Crippen molar-refractivity contribution in [3.63, 3.8) is 0 Å². The standard InChI is InChI=1S/C20H24N2O10S3/c1-13(2)33(24,25)22-17-9-7-15(19(11-17)35(29,30)31)5-4-14-6-8-16(21-20(23)12-32-3)10-18(14)34(26,27)28/h4-11,13,22H,12H2,1-3H3,(H,21,23)(H,26,27,28)(H,29,30,31). The maximum Gasteiger partial charge on any atom is 0.295 e. The van der Waals surface area contributed by atoms with Crippen LogP contribution >= 0.6 is 0 Å². The Morgan fingerprint density at radius 3 is 1.77 bits per heavy atom. The zero-order valence-electron chi connectivity index (χ0n) is 18.8. The molecule has 192 valence electrons. The van der Waals surface area contributed by atoms with Gasteiger partial charge in [0.25, 0.3) is 20.2 Å².